The van der Waals surface area contributed by atoms with Crippen LogP contribution in [-0.2, 0) is 13.0 Å². The Morgan fingerprint density at radius 1 is 1.06 bits per heavy atom. The molecule has 1 aromatic heterocycles. The van der Waals surface area contributed by atoms with Crippen LogP contribution in [0.25, 0.3) is 10.9 Å². The van der Waals surface area contributed by atoms with Gasteiger partial charge in [-0.1, -0.05) is 45.4 Å². The molecule has 4 rings (SSSR count). The molecule has 5 atom stereocenters. The second-order valence-corrected chi connectivity index (χ2v) is 10.4. The summed E-state index contributed by atoms with van der Waals surface area (Å²) in [5.74, 6) is 3.12. The highest BCUT2D eigenvalue weighted by Gasteiger charge is 2.49. The lowest BCUT2D eigenvalue weighted by molar-refractivity contribution is -0.938. The third kappa shape index (κ3) is 6.18. The number of benzene rings is 2. The van der Waals surface area contributed by atoms with Crippen LogP contribution in [-0.4, -0.2) is 24.7 Å². The summed E-state index contributed by atoms with van der Waals surface area (Å²) in [7, 11) is 1.73. The SMILES string of the molecule is C=CC1C(CC)C1C[NH+](Cc1cc(C)c(C)c(C)c1)C(C)Cc1ccnc2ccc(OC)cc12.CC. The number of aryl methyl sites for hydroxylation is 2. The highest BCUT2D eigenvalue weighted by atomic mass is 16.5. The second-order valence-electron chi connectivity index (χ2n) is 10.4. The highest BCUT2D eigenvalue weighted by molar-refractivity contribution is 5.83. The molecule has 36 heavy (non-hydrogen) atoms. The third-order valence-corrected chi connectivity index (χ3v) is 8.32. The van der Waals surface area contributed by atoms with Gasteiger partial charge in [0.1, 0.15) is 12.3 Å². The van der Waals surface area contributed by atoms with Gasteiger partial charge in [-0.2, -0.15) is 0 Å². The Hall–Kier alpha value is -2.65. The molecular formula is C33H47N2O+. The number of allylic oxidation sites excluding steroid dienone is 1. The lowest BCUT2D eigenvalue weighted by Gasteiger charge is -2.28. The van der Waals surface area contributed by atoms with Crippen molar-refractivity contribution in [1.29, 1.82) is 0 Å². The Labute approximate surface area is 219 Å². The van der Waals surface area contributed by atoms with E-state index in [1.165, 1.54) is 46.2 Å². The molecular weight excluding hydrogens is 440 g/mol. The van der Waals surface area contributed by atoms with E-state index in [4.69, 9.17) is 4.74 Å². The van der Waals surface area contributed by atoms with Crippen molar-refractivity contribution in [1.82, 2.24) is 4.98 Å². The number of hydrogen-bond donors (Lipinski definition) is 1. The topological polar surface area (TPSA) is 26.6 Å². The van der Waals surface area contributed by atoms with Crippen LogP contribution in [0, 0.1) is 38.5 Å². The molecule has 0 saturated heterocycles. The number of nitrogens with zero attached hydrogens (tertiary/aromatic N) is 1. The van der Waals surface area contributed by atoms with Crippen LogP contribution in [0.4, 0.5) is 0 Å². The monoisotopic (exact) mass is 487 g/mol. The second kappa shape index (κ2) is 12.5. The van der Waals surface area contributed by atoms with E-state index in [-0.39, 0.29) is 0 Å². The van der Waals surface area contributed by atoms with Crippen molar-refractivity contribution in [3.63, 3.8) is 0 Å². The molecule has 1 saturated carbocycles. The average Bonchev–Trinajstić information content (AvgIpc) is 3.59. The number of aromatic nitrogens is 1. The molecule has 5 unspecified atom stereocenters. The molecule has 0 radical (unpaired) electrons. The molecule has 1 fully saturated rings. The molecule has 1 heterocycles. The number of fused-ring (bicyclic) bond motifs is 1. The van der Waals surface area contributed by atoms with E-state index in [0.717, 1.165) is 36.1 Å². The zero-order valence-corrected chi connectivity index (χ0v) is 23.8. The van der Waals surface area contributed by atoms with Crippen molar-refractivity contribution in [3.05, 3.63) is 83.1 Å². The van der Waals surface area contributed by atoms with Crippen LogP contribution in [0.5, 0.6) is 5.75 Å². The van der Waals surface area contributed by atoms with Crippen molar-refractivity contribution in [2.75, 3.05) is 13.7 Å². The van der Waals surface area contributed by atoms with Crippen LogP contribution >= 0.6 is 0 Å². The van der Waals surface area contributed by atoms with Crippen molar-refractivity contribution >= 4 is 10.9 Å². The maximum absolute atomic E-state index is 5.51. The lowest BCUT2D eigenvalue weighted by Crippen LogP contribution is -3.14. The first kappa shape index (κ1) is 27.9. The van der Waals surface area contributed by atoms with Gasteiger partial charge in [0, 0.05) is 29.5 Å². The summed E-state index contributed by atoms with van der Waals surface area (Å²) in [4.78, 5) is 6.26. The average molecular weight is 488 g/mol. The summed E-state index contributed by atoms with van der Waals surface area (Å²) >= 11 is 0. The Kier molecular flexibility index (Phi) is 9.73. The minimum absolute atomic E-state index is 0.488. The fourth-order valence-corrected chi connectivity index (χ4v) is 5.89. The first-order valence-corrected chi connectivity index (χ1v) is 13.8. The van der Waals surface area contributed by atoms with Crippen molar-refractivity contribution in [2.24, 2.45) is 17.8 Å². The molecule has 0 bridgehead atoms. The van der Waals surface area contributed by atoms with E-state index in [9.17, 15) is 0 Å². The third-order valence-electron chi connectivity index (χ3n) is 8.32. The fraction of sp³-hybridized carbons (Fsp3) is 0.485. The highest BCUT2D eigenvalue weighted by Crippen LogP contribution is 2.48. The van der Waals surface area contributed by atoms with Gasteiger partial charge in [-0.15, -0.1) is 6.58 Å². The van der Waals surface area contributed by atoms with Crippen molar-refractivity contribution < 1.29 is 9.64 Å². The maximum Gasteiger partial charge on any atom is 0.119 e. The van der Waals surface area contributed by atoms with E-state index in [2.05, 4.69) is 82.6 Å². The molecule has 3 aromatic rings. The number of rotatable bonds is 10. The van der Waals surface area contributed by atoms with Gasteiger partial charge >= 0.3 is 0 Å². The molecule has 1 aliphatic rings. The number of hydrogen-bond acceptors (Lipinski definition) is 2. The molecule has 1 aliphatic carbocycles. The Balaban J connectivity index is 0.00000176. The Morgan fingerprint density at radius 2 is 1.75 bits per heavy atom. The Morgan fingerprint density at radius 3 is 2.33 bits per heavy atom. The minimum atomic E-state index is 0.488. The maximum atomic E-state index is 5.51. The molecule has 194 valence electrons. The fourth-order valence-electron chi connectivity index (χ4n) is 5.89. The van der Waals surface area contributed by atoms with Crippen molar-refractivity contribution in [2.45, 2.75) is 73.9 Å². The summed E-state index contributed by atoms with van der Waals surface area (Å²) in [6.07, 6.45) is 6.42. The van der Waals surface area contributed by atoms with Gasteiger partial charge in [0.25, 0.3) is 0 Å². The first-order valence-electron chi connectivity index (χ1n) is 13.8. The number of nitrogens with one attached hydrogen (secondary N) is 1. The van der Waals surface area contributed by atoms with Gasteiger partial charge in [0.2, 0.25) is 0 Å². The molecule has 0 spiro atoms. The van der Waals surface area contributed by atoms with E-state index in [1.807, 2.05) is 26.1 Å². The van der Waals surface area contributed by atoms with E-state index >= 15 is 0 Å². The normalized spacial score (nSPS) is 20.3. The molecule has 3 heteroatoms. The summed E-state index contributed by atoms with van der Waals surface area (Å²) in [6, 6.07) is 13.7. The molecule has 3 nitrogen and oxygen atoms in total. The number of methoxy groups -OCH3 is 1. The van der Waals surface area contributed by atoms with Gasteiger partial charge in [-0.05, 0) is 86.1 Å². The molecule has 1 N–H and O–H groups in total. The van der Waals surface area contributed by atoms with Crippen LogP contribution in [0.15, 0.2) is 55.3 Å². The summed E-state index contributed by atoms with van der Waals surface area (Å²) in [5.41, 5.74) is 8.06. The summed E-state index contributed by atoms with van der Waals surface area (Å²) in [5, 5.41) is 1.21. The number of quaternary nitrogens is 1. The van der Waals surface area contributed by atoms with Crippen LogP contribution < -0.4 is 9.64 Å². The largest absolute Gasteiger partial charge is 0.497 e. The number of ether oxygens (including phenoxy) is 1. The standard InChI is InChI=1S/C31H40N2O.C2H6/c1-8-27-28(9-2)30(27)19-33(18-24-14-20(3)23(6)21(4)15-24)22(5)16-25-12-13-32-31-11-10-26(34-7)17-29(25)31;1-2/h8,10-15,17,22,27-28,30H,1,9,16,18-19H2,2-7H3;1-2H3/p+1. The van der Waals surface area contributed by atoms with Gasteiger partial charge < -0.3 is 9.64 Å². The zero-order chi connectivity index (χ0) is 26.4. The van der Waals surface area contributed by atoms with E-state index in [0.29, 0.717) is 12.0 Å². The van der Waals surface area contributed by atoms with Crippen LogP contribution in [0.2, 0.25) is 0 Å². The molecule has 0 amide bonds. The summed E-state index contributed by atoms with van der Waals surface area (Å²) in [6.45, 7) is 21.9. The van der Waals surface area contributed by atoms with Gasteiger partial charge in [0.05, 0.1) is 25.2 Å². The lowest BCUT2D eigenvalue weighted by atomic mass is 9.98. The smallest absolute Gasteiger partial charge is 0.119 e. The predicted molar refractivity (Wildman–Crippen MR) is 154 cm³/mol. The number of pyridine rings is 1. The predicted octanol–water partition coefficient (Wildman–Crippen LogP) is 6.67. The van der Waals surface area contributed by atoms with Crippen LogP contribution in [0.1, 0.15) is 61.9 Å². The van der Waals surface area contributed by atoms with Gasteiger partial charge in [0.15, 0.2) is 0 Å². The Bertz CT molecular complexity index is 1140. The quantitative estimate of drug-likeness (QED) is 0.323. The van der Waals surface area contributed by atoms with Gasteiger partial charge in [-0.25, -0.2) is 0 Å². The molecule has 0 aliphatic heterocycles. The minimum Gasteiger partial charge on any atom is -0.497 e. The first-order chi connectivity index (χ1) is 17.4. The van der Waals surface area contributed by atoms with E-state index in [1.54, 1.807) is 12.0 Å². The van der Waals surface area contributed by atoms with Crippen molar-refractivity contribution in [3.8, 4) is 5.75 Å². The summed E-state index contributed by atoms with van der Waals surface area (Å²) < 4.78 is 5.51. The van der Waals surface area contributed by atoms with Crippen LogP contribution in [0.3, 0.4) is 0 Å². The van der Waals surface area contributed by atoms with E-state index < -0.39 is 0 Å². The molecule has 2 aromatic carbocycles. The zero-order valence-electron chi connectivity index (χ0n) is 23.8. The van der Waals surface area contributed by atoms with Gasteiger partial charge in [-0.3, -0.25) is 4.98 Å².